The van der Waals surface area contributed by atoms with Crippen LogP contribution in [0, 0.1) is 0 Å². The minimum Gasteiger partial charge on any atom is -0.492 e. The number of anilines is 1. The molecule has 2 aromatic heterocycles. The maximum absolute atomic E-state index is 13.2. The van der Waals surface area contributed by atoms with E-state index in [1.165, 1.54) is 0 Å². The van der Waals surface area contributed by atoms with E-state index in [0.29, 0.717) is 37.6 Å². The van der Waals surface area contributed by atoms with Gasteiger partial charge < -0.3 is 23.7 Å². The normalized spacial score (nSPS) is 13.8. The summed E-state index contributed by atoms with van der Waals surface area (Å²) in [5.74, 6) is 1.57. The number of rotatable bonds is 7. The van der Waals surface area contributed by atoms with Gasteiger partial charge in [0.1, 0.15) is 23.8 Å². The number of fused-ring (bicyclic) bond motifs is 1. The number of benzene rings is 2. The van der Waals surface area contributed by atoms with Crippen LogP contribution in [0.25, 0.3) is 5.65 Å². The van der Waals surface area contributed by atoms with Gasteiger partial charge in [-0.15, -0.1) is 0 Å². The highest BCUT2D eigenvalue weighted by atomic mass is 16.5. The number of imidazole rings is 1. The average molecular weight is 457 g/mol. The third kappa shape index (κ3) is 4.69. The van der Waals surface area contributed by atoms with E-state index in [2.05, 4.69) is 16.0 Å². The Bertz CT molecular complexity index is 1240. The monoisotopic (exact) mass is 456 g/mol. The molecule has 1 aliphatic rings. The van der Waals surface area contributed by atoms with E-state index in [9.17, 15) is 4.79 Å². The largest absolute Gasteiger partial charge is 0.492 e. The number of amides is 1. The zero-order valence-electron chi connectivity index (χ0n) is 19.3. The molecule has 3 heterocycles. The van der Waals surface area contributed by atoms with Crippen molar-refractivity contribution in [2.45, 2.75) is 13.5 Å². The highest BCUT2D eigenvalue weighted by Gasteiger charge is 2.24. The Balaban J connectivity index is 1.20. The molecule has 0 saturated carbocycles. The van der Waals surface area contributed by atoms with Crippen molar-refractivity contribution in [1.29, 1.82) is 0 Å². The lowest BCUT2D eigenvalue weighted by Gasteiger charge is -2.36. The van der Waals surface area contributed by atoms with Crippen LogP contribution in [-0.2, 0) is 6.61 Å². The van der Waals surface area contributed by atoms with Gasteiger partial charge in [0, 0.05) is 44.1 Å². The van der Waals surface area contributed by atoms with E-state index >= 15 is 0 Å². The van der Waals surface area contributed by atoms with Crippen molar-refractivity contribution in [3.05, 3.63) is 90.4 Å². The molecule has 174 valence electrons. The minimum absolute atomic E-state index is 0.0240. The van der Waals surface area contributed by atoms with Crippen molar-refractivity contribution in [2.75, 3.05) is 37.7 Å². The van der Waals surface area contributed by atoms with E-state index in [1.807, 2.05) is 89.3 Å². The molecule has 0 bridgehead atoms. The van der Waals surface area contributed by atoms with Crippen LogP contribution in [0.15, 0.2) is 79.1 Å². The number of para-hydroxylation sites is 2. The maximum atomic E-state index is 13.2. The van der Waals surface area contributed by atoms with E-state index in [4.69, 9.17) is 9.47 Å². The topological polar surface area (TPSA) is 59.3 Å². The molecule has 7 heteroatoms. The third-order valence-electron chi connectivity index (χ3n) is 5.95. The molecule has 1 amide bonds. The number of pyridine rings is 1. The minimum atomic E-state index is 0.0240. The Morgan fingerprint density at radius 1 is 0.941 bits per heavy atom. The van der Waals surface area contributed by atoms with Crippen LogP contribution in [0.1, 0.15) is 23.0 Å². The number of hydrogen-bond acceptors (Lipinski definition) is 5. The van der Waals surface area contributed by atoms with E-state index in [-0.39, 0.29) is 5.91 Å². The van der Waals surface area contributed by atoms with Gasteiger partial charge in [-0.1, -0.05) is 24.3 Å². The molecule has 1 aliphatic heterocycles. The van der Waals surface area contributed by atoms with Gasteiger partial charge in [-0.25, -0.2) is 4.98 Å². The van der Waals surface area contributed by atoms with Crippen molar-refractivity contribution < 1.29 is 14.3 Å². The van der Waals surface area contributed by atoms with Crippen LogP contribution >= 0.6 is 0 Å². The maximum Gasteiger partial charge on any atom is 0.254 e. The molecule has 1 saturated heterocycles. The first kappa shape index (κ1) is 21.8. The molecule has 0 N–H and O–H groups in total. The first-order chi connectivity index (χ1) is 16.7. The first-order valence-electron chi connectivity index (χ1n) is 11.6. The zero-order valence-corrected chi connectivity index (χ0v) is 19.3. The molecule has 0 aliphatic carbocycles. The predicted molar refractivity (Wildman–Crippen MR) is 132 cm³/mol. The summed E-state index contributed by atoms with van der Waals surface area (Å²) in [6.07, 6.45) is 3.91. The number of piperazine rings is 1. The molecule has 0 radical (unpaired) electrons. The molecule has 34 heavy (non-hydrogen) atoms. The summed E-state index contributed by atoms with van der Waals surface area (Å²) in [6, 6.07) is 21.3. The molecule has 5 rings (SSSR count). The standard InChI is InChI=1S/C27H28N4O3/c1-2-33-25-11-4-3-10-24(25)29-14-16-30(17-15-29)27(32)21-8-7-9-23(18-21)34-20-22-19-31-13-6-5-12-26(31)28-22/h3-13,18-19H,2,14-17,20H2,1H3. The third-order valence-corrected chi connectivity index (χ3v) is 5.95. The fraction of sp³-hybridized carbons (Fsp3) is 0.259. The van der Waals surface area contributed by atoms with E-state index in [0.717, 1.165) is 35.9 Å². The Morgan fingerprint density at radius 2 is 1.76 bits per heavy atom. The van der Waals surface area contributed by atoms with Gasteiger partial charge in [0.2, 0.25) is 0 Å². The molecule has 2 aromatic carbocycles. The lowest BCUT2D eigenvalue weighted by atomic mass is 10.1. The number of carbonyl (C=O) groups excluding carboxylic acids is 1. The Kier molecular flexibility index (Phi) is 6.33. The summed E-state index contributed by atoms with van der Waals surface area (Å²) in [5, 5.41) is 0. The lowest BCUT2D eigenvalue weighted by Crippen LogP contribution is -2.48. The molecule has 7 nitrogen and oxygen atoms in total. The summed E-state index contributed by atoms with van der Waals surface area (Å²) in [6.45, 7) is 5.81. The molecule has 0 unspecified atom stereocenters. The van der Waals surface area contributed by atoms with Gasteiger partial charge in [-0.2, -0.15) is 0 Å². The van der Waals surface area contributed by atoms with Crippen LogP contribution in [-0.4, -0.2) is 53.0 Å². The van der Waals surface area contributed by atoms with Crippen molar-refractivity contribution >= 4 is 17.2 Å². The fourth-order valence-corrected chi connectivity index (χ4v) is 4.26. The van der Waals surface area contributed by atoms with Crippen LogP contribution in [0.5, 0.6) is 11.5 Å². The van der Waals surface area contributed by atoms with E-state index in [1.54, 1.807) is 0 Å². The molecule has 1 fully saturated rings. The van der Waals surface area contributed by atoms with Crippen molar-refractivity contribution in [2.24, 2.45) is 0 Å². The molecular weight excluding hydrogens is 428 g/mol. The van der Waals surface area contributed by atoms with Gasteiger partial charge in [0.15, 0.2) is 0 Å². The van der Waals surface area contributed by atoms with Gasteiger partial charge in [0.05, 0.1) is 18.0 Å². The van der Waals surface area contributed by atoms with Crippen LogP contribution in [0.4, 0.5) is 5.69 Å². The van der Waals surface area contributed by atoms with Crippen LogP contribution in [0.2, 0.25) is 0 Å². The Morgan fingerprint density at radius 3 is 2.59 bits per heavy atom. The molecular formula is C27H28N4O3. The fourth-order valence-electron chi connectivity index (χ4n) is 4.26. The number of nitrogens with zero attached hydrogens (tertiary/aromatic N) is 4. The zero-order chi connectivity index (χ0) is 23.3. The molecule has 0 atom stereocenters. The predicted octanol–water partition coefficient (Wildman–Crippen LogP) is 4.27. The summed E-state index contributed by atoms with van der Waals surface area (Å²) in [5.41, 5.74) is 3.44. The number of ether oxygens (including phenoxy) is 2. The number of carbonyl (C=O) groups is 1. The summed E-state index contributed by atoms with van der Waals surface area (Å²) in [4.78, 5) is 21.9. The lowest BCUT2D eigenvalue weighted by molar-refractivity contribution is 0.0746. The van der Waals surface area contributed by atoms with E-state index < -0.39 is 0 Å². The summed E-state index contributed by atoms with van der Waals surface area (Å²) in [7, 11) is 0. The van der Waals surface area contributed by atoms with Crippen molar-refractivity contribution in [3.8, 4) is 11.5 Å². The average Bonchev–Trinajstić information content (AvgIpc) is 3.31. The van der Waals surface area contributed by atoms with Crippen LogP contribution in [0.3, 0.4) is 0 Å². The van der Waals surface area contributed by atoms with Gasteiger partial charge >= 0.3 is 0 Å². The number of hydrogen-bond donors (Lipinski definition) is 0. The van der Waals surface area contributed by atoms with Crippen molar-refractivity contribution in [3.63, 3.8) is 0 Å². The van der Waals surface area contributed by atoms with Crippen LogP contribution < -0.4 is 14.4 Å². The highest BCUT2D eigenvalue weighted by molar-refractivity contribution is 5.94. The van der Waals surface area contributed by atoms with Gasteiger partial charge in [-0.3, -0.25) is 4.79 Å². The quantitative estimate of drug-likeness (QED) is 0.416. The SMILES string of the molecule is CCOc1ccccc1N1CCN(C(=O)c2cccc(OCc3cn4ccccc4n3)c2)CC1. The molecule has 0 spiro atoms. The van der Waals surface area contributed by atoms with Gasteiger partial charge in [-0.05, 0) is 49.4 Å². The smallest absolute Gasteiger partial charge is 0.254 e. The second kappa shape index (κ2) is 9.87. The Hall–Kier alpha value is -4.00. The summed E-state index contributed by atoms with van der Waals surface area (Å²) < 4.78 is 13.7. The second-order valence-electron chi connectivity index (χ2n) is 8.19. The number of aromatic nitrogens is 2. The van der Waals surface area contributed by atoms with Crippen molar-refractivity contribution in [1.82, 2.24) is 14.3 Å². The Labute approximate surface area is 199 Å². The first-order valence-corrected chi connectivity index (χ1v) is 11.6. The molecule has 4 aromatic rings. The van der Waals surface area contributed by atoms with Gasteiger partial charge in [0.25, 0.3) is 5.91 Å². The summed E-state index contributed by atoms with van der Waals surface area (Å²) >= 11 is 0. The second-order valence-corrected chi connectivity index (χ2v) is 8.19. The highest BCUT2D eigenvalue weighted by Crippen LogP contribution is 2.29.